The lowest BCUT2D eigenvalue weighted by Crippen LogP contribution is -2.03. The van der Waals surface area contributed by atoms with Gasteiger partial charge in [0.05, 0.1) is 0 Å². The van der Waals surface area contributed by atoms with E-state index in [0.29, 0.717) is 6.54 Å². The van der Waals surface area contributed by atoms with Gasteiger partial charge < -0.3 is 5.73 Å². The Morgan fingerprint density at radius 2 is 1.45 bits per heavy atom. The number of hydrogen-bond acceptors (Lipinski definition) is 1. The first kappa shape index (κ1) is 14.8. The van der Waals surface area contributed by atoms with Crippen molar-refractivity contribution < 1.29 is 0 Å². The highest BCUT2D eigenvalue weighted by Gasteiger charge is 2.02. The van der Waals surface area contributed by atoms with Gasteiger partial charge in [0.1, 0.15) is 0 Å². The summed E-state index contributed by atoms with van der Waals surface area (Å²) in [5, 5.41) is 0. The van der Waals surface area contributed by atoms with Crippen LogP contribution < -0.4 is 5.73 Å². The lowest BCUT2D eigenvalue weighted by Gasteiger charge is -2.09. The minimum atomic E-state index is 0.631. The van der Waals surface area contributed by atoms with Gasteiger partial charge in [0.2, 0.25) is 0 Å². The third-order valence-electron chi connectivity index (χ3n) is 3.83. The molecule has 2 aromatic carbocycles. The van der Waals surface area contributed by atoms with Crippen LogP contribution in [-0.2, 0) is 25.8 Å². The summed E-state index contributed by atoms with van der Waals surface area (Å²) in [6.45, 7) is 4.97. The van der Waals surface area contributed by atoms with E-state index < -0.39 is 0 Å². The first-order valence-corrected chi connectivity index (χ1v) is 7.59. The van der Waals surface area contributed by atoms with Crippen molar-refractivity contribution in [2.45, 2.75) is 46.1 Å². The Hall–Kier alpha value is -1.60. The first-order valence-electron chi connectivity index (χ1n) is 7.59. The van der Waals surface area contributed by atoms with Crippen molar-refractivity contribution in [1.29, 1.82) is 0 Å². The molecule has 2 aromatic rings. The molecular formula is C19H25N. The quantitative estimate of drug-likeness (QED) is 0.834. The maximum atomic E-state index is 5.84. The predicted molar refractivity (Wildman–Crippen MR) is 86.9 cm³/mol. The van der Waals surface area contributed by atoms with Crippen LogP contribution in [-0.4, -0.2) is 0 Å². The predicted octanol–water partition coefficient (Wildman–Crippen LogP) is 4.19. The van der Waals surface area contributed by atoms with Gasteiger partial charge in [-0.15, -0.1) is 0 Å². The van der Waals surface area contributed by atoms with Crippen LogP contribution >= 0.6 is 0 Å². The topological polar surface area (TPSA) is 26.0 Å². The Morgan fingerprint density at radius 3 is 2.05 bits per heavy atom. The number of rotatable bonds is 6. The van der Waals surface area contributed by atoms with Crippen molar-refractivity contribution in [3.63, 3.8) is 0 Å². The molecule has 0 amide bonds. The van der Waals surface area contributed by atoms with Crippen molar-refractivity contribution in [3.05, 3.63) is 70.3 Å². The van der Waals surface area contributed by atoms with Crippen LogP contribution in [0.3, 0.4) is 0 Å². The maximum absolute atomic E-state index is 5.84. The van der Waals surface area contributed by atoms with E-state index in [-0.39, 0.29) is 0 Å². The van der Waals surface area contributed by atoms with Crippen LogP contribution in [0.2, 0.25) is 0 Å². The summed E-state index contributed by atoms with van der Waals surface area (Å²) in [5.74, 6) is 0. The molecule has 106 valence electrons. The second-order valence-electron chi connectivity index (χ2n) is 5.54. The van der Waals surface area contributed by atoms with Gasteiger partial charge in [-0.05, 0) is 48.4 Å². The highest BCUT2D eigenvalue weighted by Crippen LogP contribution is 2.15. The molecule has 1 nitrogen and oxygen atoms in total. The van der Waals surface area contributed by atoms with Crippen LogP contribution in [0.5, 0.6) is 0 Å². The number of hydrogen-bond donors (Lipinski definition) is 1. The molecule has 0 radical (unpaired) electrons. The van der Waals surface area contributed by atoms with Gasteiger partial charge in [-0.1, -0.05) is 61.4 Å². The van der Waals surface area contributed by atoms with E-state index in [2.05, 4.69) is 56.3 Å². The second kappa shape index (κ2) is 7.25. The summed E-state index contributed by atoms with van der Waals surface area (Å²) in [5.41, 5.74) is 12.7. The largest absolute Gasteiger partial charge is 0.326 e. The maximum Gasteiger partial charge on any atom is 0.0180 e. The van der Waals surface area contributed by atoms with Crippen molar-refractivity contribution in [2.75, 3.05) is 0 Å². The van der Waals surface area contributed by atoms with E-state index in [9.17, 15) is 0 Å². The standard InChI is InChI=1S/C19H25N/c1-3-4-16-6-8-17(9-7-16)10-12-18-11-5-15(2)13-19(18)14-20/h5-9,11,13H,3-4,10,12,14,20H2,1-2H3. The number of nitrogens with two attached hydrogens (primary N) is 1. The van der Waals surface area contributed by atoms with E-state index >= 15 is 0 Å². The molecule has 2 rings (SSSR count). The van der Waals surface area contributed by atoms with Gasteiger partial charge in [0.25, 0.3) is 0 Å². The molecular weight excluding hydrogens is 242 g/mol. The van der Waals surface area contributed by atoms with E-state index in [1.165, 1.54) is 40.7 Å². The Bertz CT molecular complexity index is 540. The summed E-state index contributed by atoms with van der Waals surface area (Å²) < 4.78 is 0. The number of aryl methyl sites for hydroxylation is 4. The second-order valence-corrected chi connectivity index (χ2v) is 5.54. The molecule has 0 bridgehead atoms. The number of benzene rings is 2. The van der Waals surface area contributed by atoms with Crippen LogP contribution in [0.1, 0.15) is 41.2 Å². The normalized spacial score (nSPS) is 10.8. The van der Waals surface area contributed by atoms with E-state index in [0.717, 1.165) is 12.8 Å². The molecule has 1 heteroatoms. The third-order valence-corrected chi connectivity index (χ3v) is 3.83. The Kier molecular flexibility index (Phi) is 5.37. The average Bonchev–Trinajstić information content (AvgIpc) is 2.47. The van der Waals surface area contributed by atoms with Crippen LogP contribution in [0.25, 0.3) is 0 Å². The van der Waals surface area contributed by atoms with E-state index in [1.807, 2.05) is 0 Å². The van der Waals surface area contributed by atoms with E-state index in [4.69, 9.17) is 5.73 Å². The summed E-state index contributed by atoms with van der Waals surface area (Å²) in [6, 6.07) is 15.7. The van der Waals surface area contributed by atoms with Crippen molar-refractivity contribution in [3.8, 4) is 0 Å². The molecule has 0 saturated carbocycles. The van der Waals surface area contributed by atoms with Gasteiger partial charge in [-0.2, -0.15) is 0 Å². The third kappa shape index (κ3) is 3.94. The monoisotopic (exact) mass is 267 g/mol. The summed E-state index contributed by atoms with van der Waals surface area (Å²) in [7, 11) is 0. The SMILES string of the molecule is CCCc1ccc(CCc2ccc(C)cc2CN)cc1. The molecule has 2 N–H and O–H groups in total. The fourth-order valence-electron chi connectivity index (χ4n) is 2.63. The Labute approximate surface area is 122 Å². The highest BCUT2D eigenvalue weighted by atomic mass is 14.5. The molecule has 0 heterocycles. The molecule has 0 aliphatic rings. The molecule has 0 saturated heterocycles. The molecule has 20 heavy (non-hydrogen) atoms. The van der Waals surface area contributed by atoms with Crippen molar-refractivity contribution >= 4 is 0 Å². The minimum Gasteiger partial charge on any atom is -0.326 e. The molecule has 0 atom stereocenters. The smallest absolute Gasteiger partial charge is 0.0180 e. The highest BCUT2D eigenvalue weighted by molar-refractivity contribution is 5.32. The van der Waals surface area contributed by atoms with Gasteiger partial charge >= 0.3 is 0 Å². The van der Waals surface area contributed by atoms with Gasteiger partial charge in [0.15, 0.2) is 0 Å². The zero-order valence-electron chi connectivity index (χ0n) is 12.7. The van der Waals surface area contributed by atoms with Crippen LogP contribution in [0, 0.1) is 6.92 Å². The molecule has 0 fully saturated rings. The molecule has 0 aliphatic carbocycles. The Morgan fingerprint density at radius 1 is 0.800 bits per heavy atom. The van der Waals surface area contributed by atoms with E-state index in [1.54, 1.807) is 0 Å². The minimum absolute atomic E-state index is 0.631. The summed E-state index contributed by atoms with van der Waals surface area (Å²) in [4.78, 5) is 0. The van der Waals surface area contributed by atoms with Crippen LogP contribution in [0.4, 0.5) is 0 Å². The molecule has 0 aromatic heterocycles. The fourth-order valence-corrected chi connectivity index (χ4v) is 2.63. The van der Waals surface area contributed by atoms with Crippen molar-refractivity contribution in [2.24, 2.45) is 5.73 Å². The average molecular weight is 267 g/mol. The zero-order valence-corrected chi connectivity index (χ0v) is 12.7. The van der Waals surface area contributed by atoms with Gasteiger partial charge in [0, 0.05) is 6.54 Å². The molecule has 0 spiro atoms. The fraction of sp³-hybridized carbons (Fsp3) is 0.368. The Balaban J connectivity index is 2.01. The lowest BCUT2D eigenvalue weighted by molar-refractivity contribution is 0.905. The van der Waals surface area contributed by atoms with Crippen molar-refractivity contribution in [1.82, 2.24) is 0 Å². The zero-order chi connectivity index (χ0) is 14.4. The van der Waals surface area contributed by atoms with Gasteiger partial charge in [-0.3, -0.25) is 0 Å². The molecule has 0 unspecified atom stereocenters. The lowest BCUT2D eigenvalue weighted by atomic mass is 9.97. The summed E-state index contributed by atoms with van der Waals surface area (Å²) >= 11 is 0. The first-order chi connectivity index (χ1) is 9.72. The van der Waals surface area contributed by atoms with Gasteiger partial charge in [-0.25, -0.2) is 0 Å². The van der Waals surface area contributed by atoms with Crippen LogP contribution in [0.15, 0.2) is 42.5 Å². The summed E-state index contributed by atoms with van der Waals surface area (Å²) in [6.07, 6.45) is 4.54. The molecule has 0 aliphatic heterocycles.